The van der Waals surface area contributed by atoms with Gasteiger partial charge in [0.1, 0.15) is 5.69 Å². The molecule has 6 nitrogen and oxygen atoms in total. The Bertz CT molecular complexity index is 1070. The zero-order valence-electron chi connectivity index (χ0n) is 13.6. The van der Waals surface area contributed by atoms with E-state index in [2.05, 4.69) is 15.4 Å². The Morgan fingerprint density at radius 1 is 1.31 bits per heavy atom. The number of anilines is 1. The number of carbonyl (C=O) groups excluding carboxylic acids is 1. The average molecular weight is 368 g/mol. The molecule has 0 aliphatic carbocycles. The molecule has 26 heavy (non-hydrogen) atoms. The molecule has 0 atom stereocenters. The van der Waals surface area contributed by atoms with Crippen molar-refractivity contribution in [2.75, 3.05) is 5.32 Å². The van der Waals surface area contributed by atoms with Gasteiger partial charge in [-0.15, -0.1) is 11.3 Å². The van der Waals surface area contributed by atoms with Crippen molar-refractivity contribution in [2.24, 2.45) is 7.05 Å². The maximum absolute atomic E-state index is 13.6. The Morgan fingerprint density at radius 3 is 2.96 bits per heavy atom. The molecule has 0 aliphatic heterocycles. The highest BCUT2D eigenvalue weighted by atomic mass is 32.1. The number of nitrogens with one attached hydrogen (secondary N) is 1. The van der Waals surface area contributed by atoms with E-state index in [0.29, 0.717) is 16.3 Å². The molecule has 0 saturated heterocycles. The van der Waals surface area contributed by atoms with E-state index >= 15 is 0 Å². The highest BCUT2D eigenvalue weighted by Crippen LogP contribution is 2.31. The van der Waals surface area contributed by atoms with Crippen LogP contribution in [0.4, 0.5) is 10.1 Å². The number of pyridine rings is 1. The fourth-order valence-corrected chi connectivity index (χ4v) is 3.45. The van der Waals surface area contributed by atoms with Gasteiger partial charge in [0.05, 0.1) is 33.6 Å². The fourth-order valence-electron chi connectivity index (χ4n) is 2.50. The number of aryl methyl sites for hydroxylation is 1. The van der Waals surface area contributed by atoms with E-state index in [1.54, 1.807) is 23.1 Å². The molecule has 0 aromatic carbocycles. The number of nitrogens with zero attached hydrogens (tertiary/aromatic N) is 3. The Hall–Kier alpha value is -3.26. The topological polar surface area (TPSA) is 73.0 Å². The van der Waals surface area contributed by atoms with Crippen molar-refractivity contribution in [3.8, 4) is 22.0 Å². The lowest BCUT2D eigenvalue weighted by atomic mass is 10.2. The third-order valence-electron chi connectivity index (χ3n) is 3.76. The van der Waals surface area contributed by atoms with Crippen LogP contribution in [0.25, 0.3) is 22.0 Å². The minimum absolute atomic E-state index is 0.0978. The van der Waals surface area contributed by atoms with Crippen LogP contribution in [0.15, 0.2) is 59.5 Å². The second-order valence-electron chi connectivity index (χ2n) is 5.49. The van der Waals surface area contributed by atoms with Gasteiger partial charge in [0.2, 0.25) is 0 Å². The van der Waals surface area contributed by atoms with Gasteiger partial charge in [-0.1, -0.05) is 0 Å². The summed E-state index contributed by atoms with van der Waals surface area (Å²) in [5, 5.41) is 6.99. The summed E-state index contributed by atoms with van der Waals surface area (Å²) in [6.07, 6.45) is 4.07. The van der Waals surface area contributed by atoms with Crippen molar-refractivity contribution in [3.63, 3.8) is 0 Å². The van der Waals surface area contributed by atoms with Gasteiger partial charge in [0.15, 0.2) is 11.6 Å². The van der Waals surface area contributed by atoms with Crippen molar-refractivity contribution < 1.29 is 13.6 Å². The van der Waals surface area contributed by atoms with E-state index in [1.165, 1.54) is 23.6 Å². The van der Waals surface area contributed by atoms with E-state index < -0.39 is 5.82 Å². The molecular formula is C18H13FN4O2S. The molecule has 1 amide bonds. The van der Waals surface area contributed by atoms with Crippen LogP contribution in [-0.4, -0.2) is 20.7 Å². The lowest BCUT2D eigenvalue weighted by molar-refractivity contribution is 0.103. The van der Waals surface area contributed by atoms with Crippen LogP contribution in [0.3, 0.4) is 0 Å². The molecule has 4 heterocycles. The standard InChI is InChI=1S/C18H13FN4O2S/c1-23-14(9-13(22-23)15-3-2-8-25-15)16-4-5-17(26-16)18(24)21-12-6-7-20-10-11(12)19/h2-10H,1H3,(H,20,21,24). The quantitative estimate of drug-likeness (QED) is 0.586. The van der Waals surface area contributed by atoms with Gasteiger partial charge in [0, 0.05) is 13.2 Å². The maximum Gasteiger partial charge on any atom is 0.265 e. The number of furan rings is 1. The Balaban J connectivity index is 1.58. The Labute approximate surface area is 151 Å². The van der Waals surface area contributed by atoms with Crippen molar-refractivity contribution >= 4 is 22.9 Å². The van der Waals surface area contributed by atoms with E-state index in [4.69, 9.17) is 4.42 Å². The van der Waals surface area contributed by atoms with E-state index in [1.807, 2.05) is 25.2 Å². The first-order valence-electron chi connectivity index (χ1n) is 7.71. The molecule has 0 fully saturated rings. The molecule has 4 aromatic heterocycles. The summed E-state index contributed by atoms with van der Waals surface area (Å²) in [7, 11) is 1.83. The minimum atomic E-state index is -0.577. The van der Waals surface area contributed by atoms with Gasteiger partial charge in [-0.3, -0.25) is 14.5 Å². The van der Waals surface area contributed by atoms with E-state index in [9.17, 15) is 9.18 Å². The summed E-state index contributed by atoms with van der Waals surface area (Å²) < 4.78 is 20.7. The second-order valence-corrected chi connectivity index (χ2v) is 6.57. The third kappa shape index (κ3) is 3.02. The molecular weight excluding hydrogens is 355 g/mol. The maximum atomic E-state index is 13.6. The predicted octanol–water partition coefficient (Wildman–Crippen LogP) is 4.20. The van der Waals surface area contributed by atoms with Gasteiger partial charge < -0.3 is 9.73 Å². The number of rotatable bonds is 4. The number of hydrogen-bond donors (Lipinski definition) is 1. The van der Waals surface area contributed by atoms with Gasteiger partial charge in [-0.2, -0.15) is 5.10 Å². The number of thiophene rings is 1. The van der Waals surface area contributed by atoms with Crippen LogP contribution in [0.5, 0.6) is 0 Å². The van der Waals surface area contributed by atoms with Crippen molar-refractivity contribution in [2.45, 2.75) is 0 Å². The fraction of sp³-hybridized carbons (Fsp3) is 0.0556. The molecule has 130 valence electrons. The summed E-state index contributed by atoms with van der Waals surface area (Å²) in [4.78, 5) is 17.4. The van der Waals surface area contributed by atoms with Crippen molar-refractivity contribution in [1.29, 1.82) is 0 Å². The van der Waals surface area contributed by atoms with Gasteiger partial charge in [-0.05, 0) is 36.4 Å². The van der Waals surface area contributed by atoms with E-state index in [0.717, 1.165) is 16.8 Å². The zero-order chi connectivity index (χ0) is 18.1. The molecule has 0 aliphatic rings. The number of aromatic nitrogens is 3. The van der Waals surface area contributed by atoms with Crippen LogP contribution in [0.1, 0.15) is 9.67 Å². The summed E-state index contributed by atoms with van der Waals surface area (Å²) in [6.45, 7) is 0. The third-order valence-corrected chi connectivity index (χ3v) is 4.86. The minimum Gasteiger partial charge on any atom is -0.463 e. The lowest BCUT2D eigenvalue weighted by Crippen LogP contribution is -2.11. The van der Waals surface area contributed by atoms with Gasteiger partial charge >= 0.3 is 0 Å². The van der Waals surface area contributed by atoms with Gasteiger partial charge in [-0.25, -0.2) is 4.39 Å². The van der Waals surface area contributed by atoms with Crippen LogP contribution < -0.4 is 5.32 Å². The number of halogens is 1. The monoisotopic (exact) mass is 368 g/mol. The number of carbonyl (C=O) groups is 1. The molecule has 0 radical (unpaired) electrons. The number of hydrogen-bond acceptors (Lipinski definition) is 5. The first kappa shape index (κ1) is 16.2. The second kappa shape index (κ2) is 6.57. The van der Waals surface area contributed by atoms with Crippen LogP contribution >= 0.6 is 11.3 Å². The molecule has 4 rings (SSSR count). The molecule has 8 heteroatoms. The Kier molecular flexibility index (Phi) is 4.10. The average Bonchev–Trinajstić information content (AvgIpc) is 3.36. The van der Waals surface area contributed by atoms with E-state index in [-0.39, 0.29) is 11.6 Å². The lowest BCUT2D eigenvalue weighted by Gasteiger charge is -2.03. The molecule has 1 N–H and O–H groups in total. The molecule has 4 aromatic rings. The highest BCUT2D eigenvalue weighted by molar-refractivity contribution is 7.17. The largest absolute Gasteiger partial charge is 0.463 e. The predicted molar refractivity (Wildman–Crippen MR) is 96.4 cm³/mol. The first-order valence-corrected chi connectivity index (χ1v) is 8.52. The van der Waals surface area contributed by atoms with Crippen molar-refractivity contribution in [1.82, 2.24) is 14.8 Å². The summed E-state index contributed by atoms with van der Waals surface area (Å²) in [5.41, 5.74) is 1.67. The summed E-state index contributed by atoms with van der Waals surface area (Å²) >= 11 is 1.30. The first-order chi connectivity index (χ1) is 12.6. The SMILES string of the molecule is Cn1nc(-c2ccco2)cc1-c1ccc(C(=O)Nc2ccncc2F)s1. The van der Waals surface area contributed by atoms with Crippen LogP contribution in [0, 0.1) is 5.82 Å². The molecule has 0 saturated carbocycles. The van der Waals surface area contributed by atoms with Crippen LogP contribution in [0.2, 0.25) is 0 Å². The van der Waals surface area contributed by atoms with Crippen molar-refractivity contribution in [3.05, 3.63) is 65.7 Å². The smallest absolute Gasteiger partial charge is 0.265 e. The van der Waals surface area contributed by atoms with Gasteiger partial charge in [0.25, 0.3) is 5.91 Å². The molecule has 0 spiro atoms. The summed E-state index contributed by atoms with van der Waals surface area (Å²) in [5.74, 6) is -0.276. The zero-order valence-corrected chi connectivity index (χ0v) is 14.5. The molecule has 0 unspecified atom stereocenters. The molecule has 0 bridgehead atoms. The normalized spacial score (nSPS) is 10.8. The summed E-state index contributed by atoms with van der Waals surface area (Å²) in [6, 6.07) is 10.5. The highest BCUT2D eigenvalue weighted by Gasteiger charge is 2.16. The van der Waals surface area contributed by atoms with Crippen LogP contribution in [-0.2, 0) is 7.05 Å². The number of amides is 1. The Morgan fingerprint density at radius 2 is 2.19 bits per heavy atom.